The van der Waals surface area contributed by atoms with Crippen molar-refractivity contribution in [1.82, 2.24) is 19.9 Å². The number of carbonyl (C=O) groups is 1. The normalized spacial score (nSPS) is 24.0. The second-order valence-corrected chi connectivity index (χ2v) is 11.9. The fourth-order valence-corrected chi connectivity index (χ4v) is 7.30. The Labute approximate surface area is 243 Å². The summed E-state index contributed by atoms with van der Waals surface area (Å²) in [6.45, 7) is 5.90. The minimum Gasteiger partial charge on any atom is -0.462 e. The second-order valence-electron chi connectivity index (χ2n) is 11.5. The van der Waals surface area contributed by atoms with Crippen molar-refractivity contribution in [3.8, 4) is 17.1 Å². The molecule has 0 amide bonds. The Hall–Kier alpha value is -3.62. The Bertz CT molecular complexity index is 1690. The minimum atomic E-state index is -0.402. The number of hydrogen-bond acceptors (Lipinski definition) is 7. The zero-order valence-electron chi connectivity index (χ0n) is 22.9. The predicted molar refractivity (Wildman–Crippen MR) is 159 cm³/mol. The van der Waals surface area contributed by atoms with Crippen LogP contribution in [0.4, 0.5) is 10.2 Å². The second kappa shape index (κ2) is 10.3. The number of likely N-dealkylation sites (N-methyl/N-ethyl adjacent to an activating group) is 1. The summed E-state index contributed by atoms with van der Waals surface area (Å²) in [6, 6.07) is 9.58. The first-order valence-electron chi connectivity index (χ1n) is 14.2. The maximum Gasteiger partial charge on any atom is 0.319 e. The number of ether oxygens (including phenoxy) is 1. The molecule has 4 atom stereocenters. The van der Waals surface area contributed by atoms with Crippen molar-refractivity contribution < 1.29 is 13.9 Å². The molecule has 0 N–H and O–H groups in total. The number of rotatable bonds is 7. The van der Waals surface area contributed by atoms with Crippen molar-refractivity contribution in [2.45, 2.75) is 37.8 Å². The van der Waals surface area contributed by atoms with Crippen LogP contribution in [-0.4, -0.2) is 64.5 Å². The van der Waals surface area contributed by atoms with Crippen LogP contribution >= 0.6 is 11.6 Å². The van der Waals surface area contributed by atoms with Crippen LogP contribution in [0.25, 0.3) is 32.8 Å². The molecule has 4 aromatic rings. The lowest BCUT2D eigenvalue weighted by Crippen LogP contribution is -2.56. The quantitative estimate of drug-likeness (QED) is 0.249. The van der Waals surface area contributed by atoms with Crippen LogP contribution in [-0.2, 0) is 4.79 Å². The van der Waals surface area contributed by atoms with Gasteiger partial charge in [0.25, 0.3) is 0 Å². The fourth-order valence-electron chi connectivity index (χ4n) is 7.01. The molecule has 0 radical (unpaired) electrons. The standard InChI is InChI=1S/C32H31ClFN5O2/c1-3-29(40)20-9-10-28-24(20)16-39(28)31-22-12-26(34)21(23-15-35-14-18-6-4-8-25(33)30(18)23)13-27(22)36-32(37-31)41-17-19-7-5-11-38(19)2/h3-4,6,8,12-15,19-20,24,28H,1,5,7,9-11,16-17H2,2H3/t19-,20?,24-,28+/m0/s1. The molecule has 2 aliphatic heterocycles. The molecule has 9 heteroatoms. The highest BCUT2D eigenvalue weighted by atomic mass is 35.5. The highest BCUT2D eigenvalue weighted by molar-refractivity contribution is 6.36. The number of aromatic nitrogens is 3. The van der Waals surface area contributed by atoms with Crippen molar-refractivity contribution >= 4 is 44.9 Å². The largest absolute Gasteiger partial charge is 0.462 e. The molecule has 0 bridgehead atoms. The average Bonchev–Trinajstić information content (AvgIpc) is 3.53. The van der Waals surface area contributed by atoms with E-state index >= 15 is 4.39 Å². The Morgan fingerprint density at radius 1 is 1.20 bits per heavy atom. The highest BCUT2D eigenvalue weighted by Crippen LogP contribution is 2.47. The first kappa shape index (κ1) is 26.3. The SMILES string of the molecule is C=CC(=O)C1CC[C@@H]2[C@H]1CN2c1nc(OC[C@@H]2CCCN2C)nc2cc(-c3cncc4cccc(Cl)c34)c(F)cc12. The van der Waals surface area contributed by atoms with Crippen LogP contribution < -0.4 is 9.64 Å². The molecular formula is C32H31ClFN5O2. The lowest BCUT2D eigenvalue weighted by atomic mass is 9.83. The van der Waals surface area contributed by atoms with Gasteiger partial charge in [0, 0.05) is 75.2 Å². The number of carbonyl (C=O) groups excluding carboxylic acids is 1. The van der Waals surface area contributed by atoms with Crippen LogP contribution in [0.3, 0.4) is 0 Å². The molecule has 2 aromatic carbocycles. The van der Waals surface area contributed by atoms with Crippen molar-refractivity contribution in [2.75, 3.05) is 31.6 Å². The number of nitrogens with zero attached hydrogens (tertiary/aromatic N) is 5. The van der Waals surface area contributed by atoms with Gasteiger partial charge < -0.3 is 14.5 Å². The van der Waals surface area contributed by atoms with Gasteiger partial charge in [-0.1, -0.05) is 30.3 Å². The third kappa shape index (κ3) is 4.44. The van der Waals surface area contributed by atoms with E-state index in [1.165, 1.54) is 12.1 Å². The van der Waals surface area contributed by atoms with E-state index in [-0.39, 0.29) is 29.7 Å². The Balaban J connectivity index is 1.32. The molecule has 2 saturated heterocycles. The van der Waals surface area contributed by atoms with E-state index in [2.05, 4.69) is 28.4 Å². The van der Waals surface area contributed by atoms with Gasteiger partial charge in [-0.2, -0.15) is 9.97 Å². The summed E-state index contributed by atoms with van der Waals surface area (Å²) >= 11 is 6.58. The lowest BCUT2D eigenvalue weighted by Gasteiger charge is -2.47. The van der Waals surface area contributed by atoms with Crippen LogP contribution in [0.2, 0.25) is 5.02 Å². The van der Waals surface area contributed by atoms with Crippen molar-refractivity contribution in [3.63, 3.8) is 0 Å². The first-order chi connectivity index (χ1) is 19.9. The van der Waals surface area contributed by atoms with Gasteiger partial charge >= 0.3 is 6.01 Å². The molecule has 210 valence electrons. The predicted octanol–water partition coefficient (Wildman–Crippen LogP) is 6.08. The number of allylic oxidation sites excluding steroid dienone is 1. The van der Waals surface area contributed by atoms with Gasteiger partial charge in [0.15, 0.2) is 5.78 Å². The smallest absolute Gasteiger partial charge is 0.319 e. The van der Waals surface area contributed by atoms with Gasteiger partial charge in [-0.05, 0) is 63.6 Å². The molecule has 1 unspecified atom stereocenters. The van der Waals surface area contributed by atoms with Gasteiger partial charge in [-0.15, -0.1) is 0 Å². The minimum absolute atomic E-state index is 0.0116. The number of halogens is 2. The number of ketones is 1. The molecule has 3 aliphatic rings. The van der Waals surface area contributed by atoms with E-state index in [4.69, 9.17) is 26.3 Å². The third-order valence-electron chi connectivity index (χ3n) is 9.27. The fraction of sp³-hybridized carbons (Fsp3) is 0.375. The molecule has 3 fully saturated rings. The topological polar surface area (TPSA) is 71.5 Å². The number of pyridine rings is 1. The van der Waals surface area contributed by atoms with Gasteiger partial charge in [0.05, 0.1) is 5.52 Å². The molecule has 4 heterocycles. The van der Waals surface area contributed by atoms with Gasteiger partial charge in [0.2, 0.25) is 0 Å². The van der Waals surface area contributed by atoms with E-state index in [9.17, 15) is 4.79 Å². The van der Waals surface area contributed by atoms with E-state index in [1.54, 1.807) is 24.5 Å². The molecule has 7 rings (SSSR count). The summed E-state index contributed by atoms with van der Waals surface area (Å²) in [5.41, 5.74) is 1.56. The summed E-state index contributed by atoms with van der Waals surface area (Å²) < 4.78 is 22.2. The van der Waals surface area contributed by atoms with Crippen molar-refractivity contribution in [2.24, 2.45) is 11.8 Å². The summed E-state index contributed by atoms with van der Waals surface area (Å²) in [4.78, 5) is 30.9. The molecular weight excluding hydrogens is 541 g/mol. The summed E-state index contributed by atoms with van der Waals surface area (Å²) in [5.74, 6) is 0.586. The van der Waals surface area contributed by atoms with Crippen molar-refractivity contribution in [1.29, 1.82) is 0 Å². The monoisotopic (exact) mass is 571 g/mol. The number of fused-ring (bicyclic) bond motifs is 3. The van der Waals surface area contributed by atoms with Crippen LogP contribution in [0.1, 0.15) is 25.7 Å². The number of anilines is 1. The van der Waals surface area contributed by atoms with Gasteiger partial charge in [-0.3, -0.25) is 9.78 Å². The molecule has 0 spiro atoms. The van der Waals surface area contributed by atoms with Gasteiger partial charge in [-0.25, -0.2) is 4.39 Å². The molecule has 41 heavy (non-hydrogen) atoms. The maximum atomic E-state index is 16.0. The average molecular weight is 572 g/mol. The van der Waals surface area contributed by atoms with E-state index in [0.717, 1.165) is 43.0 Å². The van der Waals surface area contributed by atoms with E-state index in [1.807, 2.05) is 12.1 Å². The number of likely N-dealkylation sites (tertiary alicyclic amines) is 1. The molecule has 1 aliphatic carbocycles. The Morgan fingerprint density at radius 2 is 2.07 bits per heavy atom. The Morgan fingerprint density at radius 3 is 2.88 bits per heavy atom. The third-order valence-corrected chi connectivity index (χ3v) is 9.59. The van der Waals surface area contributed by atoms with E-state index < -0.39 is 5.82 Å². The highest BCUT2D eigenvalue weighted by Gasteiger charge is 2.50. The summed E-state index contributed by atoms with van der Waals surface area (Å²) in [5, 5.41) is 2.72. The van der Waals surface area contributed by atoms with E-state index in [0.29, 0.717) is 52.1 Å². The molecule has 2 aromatic heterocycles. The number of benzene rings is 2. The number of hydrogen-bond donors (Lipinski definition) is 0. The van der Waals surface area contributed by atoms with Crippen molar-refractivity contribution in [3.05, 3.63) is 66.2 Å². The maximum absolute atomic E-state index is 16.0. The van der Waals surface area contributed by atoms with Crippen LogP contribution in [0.15, 0.2) is 55.4 Å². The van der Waals surface area contributed by atoms with Crippen LogP contribution in [0.5, 0.6) is 6.01 Å². The van der Waals surface area contributed by atoms with Crippen LogP contribution in [0, 0.1) is 17.7 Å². The zero-order chi connectivity index (χ0) is 28.2. The zero-order valence-corrected chi connectivity index (χ0v) is 23.6. The first-order valence-corrected chi connectivity index (χ1v) is 14.6. The summed E-state index contributed by atoms with van der Waals surface area (Å²) in [7, 11) is 2.10. The summed E-state index contributed by atoms with van der Waals surface area (Å²) in [6.07, 6.45) is 8.71. The molecule has 1 saturated carbocycles. The lowest BCUT2D eigenvalue weighted by molar-refractivity contribution is -0.119. The molecule has 7 nitrogen and oxygen atoms in total. The van der Waals surface area contributed by atoms with Gasteiger partial charge in [0.1, 0.15) is 18.2 Å². The Kier molecular flexibility index (Phi) is 6.63.